The van der Waals surface area contributed by atoms with Crippen molar-refractivity contribution in [3.63, 3.8) is 0 Å². The number of hydrogen-bond donors (Lipinski definition) is 3. The summed E-state index contributed by atoms with van der Waals surface area (Å²) < 4.78 is 0. The molecule has 0 spiro atoms. The molecule has 1 aromatic rings. The van der Waals surface area contributed by atoms with E-state index in [0.29, 0.717) is 12.3 Å². The first-order chi connectivity index (χ1) is 7.27. The molecule has 3 N–H and O–H groups in total. The number of phenolic OH excluding ortho intramolecular Hbond substituents is 1. The van der Waals surface area contributed by atoms with Crippen molar-refractivity contribution in [3.05, 3.63) is 29.8 Å². The first-order valence-electron chi connectivity index (χ1n) is 5.39. The molecule has 0 aliphatic rings. The molecule has 1 atom stereocenters. The lowest BCUT2D eigenvalue weighted by atomic mass is 10.1. The molecule has 0 unspecified atom stereocenters. The van der Waals surface area contributed by atoms with Crippen LogP contribution in [0.2, 0.25) is 0 Å². The lowest BCUT2D eigenvalue weighted by molar-refractivity contribution is 0.233. The Kier molecular flexibility index (Phi) is 5.15. The van der Waals surface area contributed by atoms with Gasteiger partial charge < -0.3 is 15.5 Å². The van der Waals surface area contributed by atoms with E-state index in [1.807, 2.05) is 12.1 Å². The molecule has 0 radical (unpaired) electrons. The van der Waals surface area contributed by atoms with Crippen molar-refractivity contribution in [1.82, 2.24) is 5.32 Å². The lowest BCUT2D eigenvalue weighted by Gasteiger charge is -2.15. The van der Waals surface area contributed by atoms with Gasteiger partial charge in [-0.25, -0.2) is 0 Å². The van der Waals surface area contributed by atoms with Crippen LogP contribution in [0.1, 0.15) is 25.3 Å². The van der Waals surface area contributed by atoms with Crippen LogP contribution in [0.25, 0.3) is 0 Å². The van der Waals surface area contributed by atoms with Crippen molar-refractivity contribution < 1.29 is 10.2 Å². The first-order valence-corrected chi connectivity index (χ1v) is 5.39. The second kappa shape index (κ2) is 6.43. The van der Waals surface area contributed by atoms with Crippen LogP contribution in [-0.2, 0) is 6.54 Å². The fraction of sp³-hybridized carbons (Fsp3) is 0.500. The van der Waals surface area contributed by atoms with E-state index in [1.54, 1.807) is 12.1 Å². The van der Waals surface area contributed by atoms with E-state index < -0.39 is 0 Å². The zero-order valence-corrected chi connectivity index (χ0v) is 9.11. The minimum absolute atomic E-state index is 0.120. The Balaban J connectivity index is 2.45. The Hall–Kier alpha value is -1.06. The molecule has 0 amide bonds. The first kappa shape index (κ1) is 12.0. The van der Waals surface area contributed by atoms with Crippen LogP contribution in [0, 0.1) is 0 Å². The summed E-state index contributed by atoms with van der Waals surface area (Å²) in [6.45, 7) is 2.82. The number of rotatable bonds is 6. The molecular formula is C12H19NO2. The molecular weight excluding hydrogens is 190 g/mol. The fourth-order valence-corrected chi connectivity index (χ4v) is 1.52. The summed E-state index contributed by atoms with van der Waals surface area (Å²) in [4.78, 5) is 0. The van der Waals surface area contributed by atoms with E-state index in [1.165, 1.54) is 0 Å². The number of phenols is 1. The van der Waals surface area contributed by atoms with Crippen LogP contribution in [0.4, 0.5) is 0 Å². The van der Waals surface area contributed by atoms with Gasteiger partial charge in [0.15, 0.2) is 0 Å². The molecule has 0 saturated heterocycles. The van der Waals surface area contributed by atoms with Crippen LogP contribution < -0.4 is 5.32 Å². The monoisotopic (exact) mass is 209 g/mol. The smallest absolute Gasteiger partial charge is 0.120 e. The van der Waals surface area contributed by atoms with Gasteiger partial charge in [-0.05, 0) is 12.5 Å². The number of aliphatic hydroxyl groups is 1. The Morgan fingerprint density at radius 2 is 2.07 bits per heavy atom. The summed E-state index contributed by atoms with van der Waals surface area (Å²) in [6.07, 6.45) is 1.99. The number of hydrogen-bond acceptors (Lipinski definition) is 3. The van der Waals surface area contributed by atoms with E-state index in [0.717, 1.165) is 18.4 Å². The molecule has 0 saturated carbocycles. The minimum Gasteiger partial charge on any atom is -0.508 e. The Morgan fingerprint density at radius 3 is 2.67 bits per heavy atom. The summed E-state index contributed by atoms with van der Waals surface area (Å²) in [7, 11) is 0. The SMILES string of the molecule is CCC[C@@H](CO)NCc1ccccc1O. The van der Waals surface area contributed by atoms with Crippen molar-refractivity contribution >= 4 is 0 Å². The quantitative estimate of drug-likeness (QED) is 0.667. The molecule has 1 aromatic carbocycles. The summed E-state index contributed by atoms with van der Waals surface area (Å²) in [5.74, 6) is 0.304. The van der Waals surface area contributed by atoms with Gasteiger partial charge in [0.05, 0.1) is 6.61 Å². The van der Waals surface area contributed by atoms with E-state index in [-0.39, 0.29) is 12.6 Å². The summed E-state index contributed by atoms with van der Waals surface area (Å²) in [6, 6.07) is 7.36. The highest BCUT2D eigenvalue weighted by molar-refractivity contribution is 5.31. The van der Waals surface area contributed by atoms with Crippen LogP contribution in [0.5, 0.6) is 5.75 Å². The van der Waals surface area contributed by atoms with Crippen LogP contribution in [0.15, 0.2) is 24.3 Å². The average Bonchev–Trinajstić information content (AvgIpc) is 2.26. The topological polar surface area (TPSA) is 52.5 Å². The van der Waals surface area contributed by atoms with Crippen molar-refractivity contribution in [3.8, 4) is 5.75 Å². The highest BCUT2D eigenvalue weighted by atomic mass is 16.3. The summed E-state index contributed by atoms with van der Waals surface area (Å²) >= 11 is 0. The Morgan fingerprint density at radius 1 is 1.33 bits per heavy atom. The van der Waals surface area contributed by atoms with Crippen LogP contribution >= 0.6 is 0 Å². The van der Waals surface area contributed by atoms with Crippen molar-refractivity contribution in [1.29, 1.82) is 0 Å². The van der Waals surface area contributed by atoms with E-state index >= 15 is 0 Å². The number of aliphatic hydroxyl groups excluding tert-OH is 1. The van der Waals surface area contributed by atoms with E-state index in [4.69, 9.17) is 5.11 Å². The standard InChI is InChI=1S/C12H19NO2/c1-2-5-11(9-14)13-8-10-6-3-4-7-12(10)15/h3-4,6-7,11,13-15H,2,5,8-9H2,1H3/t11-/m0/s1. The van der Waals surface area contributed by atoms with Crippen LogP contribution in [-0.4, -0.2) is 22.9 Å². The lowest BCUT2D eigenvalue weighted by Crippen LogP contribution is -2.31. The van der Waals surface area contributed by atoms with E-state index in [9.17, 15) is 5.11 Å². The predicted molar refractivity (Wildman–Crippen MR) is 60.7 cm³/mol. The molecule has 1 rings (SSSR count). The third-order valence-electron chi connectivity index (χ3n) is 2.43. The van der Waals surface area contributed by atoms with Gasteiger partial charge in [0, 0.05) is 18.2 Å². The zero-order chi connectivity index (χ0) is 11.1. The number of nitrogens with one attached hydrogen (secondary N) is 1. The molecule has 15 heavy (non-hydrogen) atoms. The van der Waals surface area contributed by atoms with Crippen molar-refractivity contribution in [2.24, 2.45) is 0 Å². The Labute approximate surface area is 90.8 Å². The Bertz CT molecular complexity index is 289. The van der Waals surface area contributed by atoms with Crippen LogP contribution in [0.3, 0.4) is 0 Å². The second-order valence-electron chi connectivity index (χ2n) is 3.68. The molecule has 0 fully saturated rings. The van der Waals surface area contributed by atoms with Crippen molar-refractivity contribution in [2.75, 3.05) is 6.61 Å². The number of para-hydroxylation sites is 1. The van der Waals surface area contributed by atoms with Gasteiger partial charge in [-0.2, -0.15) is 0 Å². The van der Waals surface area contributed by atoms with Gasteiger partial charge >= 0.3 is 0 Å². The second-order valence-corrected chi connectivity index (χ2v) is 3.68. The minimum atomic E-state index is 0.120. The normalized spacial score (nSPS) is 12.7. The molecule has 3 nitrogen and oxygen atoms in total. The zero-order valence-electron chi connectivity index (χ0n) is 9.11. The van der Waals surface area contributed by atoms with Gasteiger partial charge in [0.2, 0.25) is 0 Å². The van der Waals surface area contributed by atoms with Gasteiger partial charge in [-0.3, -0.25) is 0 Å². The third-order valence-corrected chi connectivity index (χ3v) is 2.43. The molecule has 0 heterocycles. The van der Waals surface area contributed by atoms with Gasteiger partial charge in [-0.15, -0.1) is 0 Å². The summed E-state index contributed by atoms with van der Waals surface area (Å²) in [5, 5.41) is 21.8. The maximum absolute atomic E-state index is 9.52. The van der Waals surface area contributed by atoms with Gasteiger partial charge in [0.1, 0.15) is 5.75 Å². The molecule has 0 aliphatic heterocycles. The number of benzene rings is 1. The fourth-order valence-electron chi connectivity index (χ4n) is 1.52. The average molecular weight is 209 g/mol. The summed E-state index contributed by atoms with van der Waals surface area (Å²) in [5.41, 5.74) is 0.868. The predicted octanol–water partition coefficient (Wildman–Crippen LogP) is 1.64. The van der Waals surface area contributed by atoms with Gasteiger partial charge in [0.25, 0.3) is 0 Å². The molecule has 0 aromatic heterocycles. The van der Waals surface area contributed by atoms with Crippen molar-refractivity contribution in [2.45, 2.75) is 32.4 Å². The maximum Gasteiger partial charge on any atom is 0.120 e. The molecule has 0 bridgehead atoms. The van der Waals surface area contributed by atoms with E-state index in [2.05, 4.69) is 12.2 Å². The highest BCUT2D eigenvalue weighted by Gasteiger charge is 2.06. The maximum atomic E-state index is 9.52. The molecule has 84 valence electrons. The highest BCUT2D eigenvalue weighted by Crippen LogP contribution is 2.15. The number of aromatic hydroxyl groups is 1. The third kappa shape index (κ3) is 3.90. The molecule has 0 aliphatic carbocycles. The van der Waals surface area contributed by atoms with Gasteiger partial charge in [-0.1, -0.05) is 31.5 Å². The molecule has 3 heteroatoms. The largest absolute Gasteiger partial charge is 0.508 e.